The number of aromatic nitrogens is 2. The second kappa shape index (κ2) is 3.39. The van der Waals surface area contributed by atoms with Crippen LogP contribution in [0.2, 0.25) is 5.02 Å². The van der Waals surface area contributed by atoms with Gasteiger partial charge in [-0.3, -0.25) is 9.48 Å². The maximum atomic E-state index is 11.4. The van der Waals surface area contributed by atoms with Crippen molar-refractivity contribution in [3.05, 3.63) is 16.9 Å². The lowest BCUT2D eigenvalue weighted by Gasteiger charge is -2.14. The van der Waals surface area contributed by atoms with Gasteiger partial charge in [-0.1, -0.05) is 18.5 Å². The highest BCUT2D eigenvalue weighted by atomic mass is 35.5. The number of carbonyl (C=O) groups excluding carboxylic acids is 1. The average molecular weight is 213 g/mol. The largest absolute Gasteiger partial charge is 0.299 e. The van der Waals surface area contributed by atoms with Crippen molar-refractivity contribution in [2.24, 2.45) is 13.0 Å². The van der Waals surface area contributed by atoms with Crippen LogP contribution in [0, 0.1) is 5.92 Å². The predicted octanol–water partition coefficient (Wildman–Crippen LogP) is 2.16. The maximum absolute atomic E-state index is 11.4. The first-order valence-electron chi connectivity index (χ1n) is 4.81. The van der Waals surface area contributed by atoms with Crippen molar-refractivity contribution >= 4 is 17.4 Å². The molecule has 0 bridgehead atoms. The quantitative estimate of drug-likeness (QED) is 0.715. The summed E-state index contributed by atoms with van der Waals surface area (Å²) in [6.07, 6.45) is 3.22. The van der Waals surface area contributed by atoms with Crippen LogP contribution in [0.25, 0.3) is 0 Å². The minimum Gasteiger partial charge on any atom is -0.299 e. The van der Waals surface area contributed by atoms with E-state index >= 15 is 0 Å². The van der Waals surface area contributed by atoms with Gasteiger partial charge in [0, 0.05) is 25.3 Å². The average Bonchev–Trinajstić information content (AvgIpc) is 2.62. The highest BCUT2D eigenvalue weighted by molar-refractivity contribution is 6.31. The third-order valence-electron chi connectivity index (χ3n) is 3.10. The van der Waals surface area contributed by atoms with Gasteiger partial charge in [0.2, 0.25) is 0 Å². The Morgan fingerprint density at radius 2 is 2.36 bits per heavy atom. The van der Waals surface area contributed by atoms with Gasteiger partial charge < -0.3 is 0 Å². The van der Waals surface area contributed by atoms with Crippen molar-refractivity contribution in [1.29, 1.82) is 0 Å². The Balaban J connectivity index is 2.36. The molecule has 1 aromatic rings. The molecule has 1 aliphatic rings. The molecule has 76 valence electrons. The molecule has 2 atom stereocenters. The standard InChI is InChI=1S/C10H13ClN2O/c1-6-7(3-4-9(6)14)10-8(11)5-12-13(10)2/h5-7H,3-4H2,1-2H3. The summed E-state index contributed by atoms with van der Waals surface area (Å²) in [6.45, 7) is 1.98. The second-order valence-electron chi connectivity index (χ2n) is 3.90. The zero-order chi connectivity index (χ0) is 10.3. The molecular formula is C10H13ClN2O. The topological polar surface area (TPSA) is 34.9 Å². The molecule has 0 spiro atoms. The van der Waals surface area contributed by atoms with E-state index in [1.54, 1.807) is 10.9 Å². The third kappa shape index (κ3) is 1.36. The molecule has 14 heavy (non-hydrogen) atoms. The third-order valence-corrected chi connectivity index (χ3v) is 3.39. The molecule has 1 aromatic heterocycles. The summed E-state index contributed by atoms with van der Waals surface area (Å²) in [7, 11) is 1.87. The van der Waals surface area contributed by atoms with E-state index < -0.39 is 0 Å². The van der Waals surface area contributed by atoms with Crippen molar-refractivity contribution in [2.45, 2.75) is 25.7 Å². The number of aryl methyl sites for hydroxylation is 1. The number of Topliss-reactive ketones (excluding diaryl/α,β-unsaturated/α-hetero) is 1. The van der Waals surface area contributed by atoms with Crippen molar-refractivity contribution in [2.75, 3.05) is 0 Å². The van der Waals surface area contributed by atoms with Gasteiger partial charge >= 0.3 is 0 Å². The number of nitrogens with zero attached hydrogens (tertiary/aromatic N) is 2. The van der Waals surface area contributed by atoms with E-state index in [0.717, 1.165) is 12.1 Å². The first-order valence-corrected chi connectivity index (χ1v) is 5.19. The van der Waals surface area contributed by atoms with E-state index in [1.165, 1.54) is 0 Å². The SMILES string of the molecule is CC1C(=O)CCC1c1c(Cl)cnn1C. The molecule has 1 heterocycles. The minimum atomic E-state index is 0.0860. The smallest absolute Gasteiger partial charge is 0.136 e. The molecule has 1 saturated carbocycles. The van der Waals surface area contributed by atoms with Crippen molar-refractivity contribution < 1.29 is 4.79 Å². The number of carbonyl (C=O) groups is 1. The molecule has 0 saturated heterocycles. The summed E-state index contributed by atoms with van der Waals surface area (Å²) in [4.78, 5) is 11.4. The Labute approximate surface area is 88.1 Å². The van der Waals surface area contributed by atoms with Crippen LogP contribution in [0.4, 0.5) is 0 Å². The van der Waals surface area contributed by atoms with Crippen LogP contribution in [0.3, 0.4) is 0 Å². The van der Waals surface area contributed by atoms with Crippen molar-refractivity contribution in [3.8, 4) is 0 Å². The molecule has 0 aliphatic heterocycles. The van der Waals surface area contributed by atoms with E-state index in [4.69, 9.17) is 11.6 Å². The first kappa shape index (κ1) is 9.71. The number of ketones is 1. The molecule has 2 unspecified atom stereocenters. The zero-order valence-corrected chi connectivity index (χ0v) is 9.08. The molecule has 1 fully saturated rings. The van der Waals surface area contributed by atoms with E-state index in [2.05, 4.69) is 5.10 Å². The van der Waals surface area contributed by atoms with Crippen LogP contribution in [-0.4, -0.2) is 15.6 Å². The lowest BCUT2D eigenvalue weighted by Crippen LogP contribution is -2.12. The zero-order valence-electron chi connectivity index (χ0n) is 8.33. The second-order valence-corrected chi connectivity index (χ2v) is 4.31. The fraction of sp³-hybridized carbons (Fsp3) is 0.600. The molecule has 4 heteroatoms. The van der Waals surface area contributed by atoms with Gasteiger partial charge in [-0.15, -0.1) is 0 Å². The van der Waals surface area contributed by atoms with Gasteiger partial charge in [0.1, 0.15) is 5.78 Å². The van der Waals surface area contributed by atoms with Crippen LogP contribution in [0.15, 0.2) is 6.20 Å². The van der Waals surface area contributed by atoms with Gasteiger partial charge in [-0.25, -0.2) is 0 Å². The summed E-state index contributed by atoms with van der Waals surface area (Å²) in [5, 5.41) is 4.77. The van der Waals surface area contributed by atoms with Crippen molar-refractivity contribution in [3.63, 3.8) is 0 Å². The molecule has 3 nitrogen and oxygen atoms in total. The highest BCUT2D eigenvalue weighted by Gasteiger charge is 2.34. The summed E-state index contributed by atoms with van der Waals surface area (Å²) in [5.41, 5.74) is 1.00. The molecule has 0 radical (unpaired) electrons. The Morgan fingerprint density at radius 3 is 2.79 bits per heavy atom. The number of halogens is 1. The van der Waals surface area contributed by atoms with Crippen LogP contribution in [0.5, 0.6) is 0 Å². The minimum absolute atomic E-state index is 0.0860. The summed E-state index contributed by atoms with van der Waals surface area (Å²) in [5.74, 6) is 0.678. The van der Waals surface area contributed by atoms with E-state index in [0.29, 0.717) is 17.2 Å². The summed E-state index contributed by atoms with van der Waals surface area (Å²) < 4.78 is 1.78. The molecule has 0 amide bonds. The molecule has 1 aliphatic carbocycles. The molecule has 0 N–H and O–H groups in total. The number of hydrogen-bond acceptors (Lipinski definition) is 2. The van der Waals surface area contributed by atoms with Gasteiger partial charge in [0.15, 0.2) is 0 Å². The Kier molecular flexibility index (Phi) is 2.35. The van der Waals surface area contributed by atoms with Gasteiger partial charge in [-0.2, -0.15) is 5.10 Å². The summed E-state index contributed by atoms with van der Waals surface area (Å²) >= 11 is 6.04. The van der Waals surface area contributed by atoms with E-state index in [1.807, 2.05) is 14.0 Å². The van der Waals surface area contributed by atoms with Gasteiger partial charge in [0.25, 0.3) is 0 Å². The van der Waals surface area contributed by atoms with Crippen LogP contribution >= 0.6 is 11.6 Å². The maximum Gasteiger partial charge on any atom is 0.136 e. The summed E-state index contributed by atoms with van der Waals surface area (Å²) in [6, 6.07) is 0. The molecular weight excluding hydrogens is 200 g/mol. The number of hydrogen-bond donors (Lipinski definition) is 0. The highest BCUT2D eigenvalue weighted by Crippen LogP contribution is 2.39. The van der Waals surface area contributed by atoms with Crippen molar-refractivity contribution in [1.82, 2.24) is 9.78 Å². The lowest BCUT2D eigenvalue weighted by atomic mass is 9.94. The van der Waals surface area contributed by atoms with E-state index in [-0.39, 0.29) is 11.8 Å². The lowest BCUT2D eigenvalue weighted by molar-refractivity contribution is -0.120. The molecule has 2 rings (SSSR count). The monoisotopic (exact) mass is 212 g/mol. The first-order chi connectivity index (χ1) is 6.61. The van der Waals surface area contributed by atoms with E-state index in [9.17, 15) is 4.79 Å². The Morgan fingerprint density at radius 1 is 1.64 bits per heavy atom. The van der Waals surface area contributed by atoms with Crippen LogP contribution in [-0.2, 0) is 11.8 Å². The van der Waals surface area contributed by atoms with Gasteiger partial charge in [-0.05, 0) is 6.42 Å². The number of rotatable bonds is 1. The predicted molar refractivity (Wildman–Crippen MR) is 54.4 cm³/mol. The van der Waals surface area contributed by atoms with Crippen LogP contribution < -0.4 is 0 Å². The molecule has 0 aromatic carbocycles. The van der Waals surface area contributed by atoms with Crippen LogP contribution in [0.1, 0.15) is 31.4 Å². The normalized spacial score (nSPS) is 27.2. The Hall–Kier alpha value is -0.830. The fourth-order valence-corrected chi connectivity index (χ4v) is 2.52. The Bertz CT molecular complexity index is 353. The van der Waals surface area contributed by atoms with Gasteiger partial charge in [0.05, 0.1) is 16.9 Å². The fourth-order valence-electron chi connectivity index (χ4n) is 2.21.